The predicted octanol–water partition coefficient (Wildman–Crippen LogP) is 2.11. The third-order valence-corrected chi connectivity index (χ3v) is 4.32. The van der Waals surface area contributed by atoms with Crippen LogP contribution in [0.5, 0.6) is 5.75 Å². The minimum absolute atomic E-state index is 0.0694. The van der Waals surface area contributed by atoms with Crippen LogP contribution in [0.15, 0.2) is 24.3 Å². The zero-order valence-electron chi connectivity index (χ0n) is 7.91. The molecular formula is C7H5BrClNO6S. The van der Waals surface area contributed by atoms with Crippen LogP contribution in [0.25, 0.3) is 0 Å². The first kappa shape index (κ1) is 14.2. The standard InChI is InChI=1S/C7H5BrClNO6S/c8-7(9,17(13,14)15)16-6-3-1-5(2-4-6)10(11)12/h1-4H,(H,13,14,15). The summed E-state index contributed by atoms with van der Waals surface area (Å²) in [7, 11) is -4.70. The van der Waals surface area contributed by atoms with Gasteiger partial charge in [0.05, 0.1) is 4.92 Å². The van der Waals surface area contributed by atoms with Crippen molar-refractivity contribution >= 4 is 43.3 Å². The number of nitro groups is 1. The van der Waals surface area contributed by atoms with Crippen LogP contribution in [0.4, 0.5) is 5.69 Å². The highest BCUT2D eigenvalue weighted by atomic mass is 79.9. The number of benzene rings is 1. The van der Waals surface area contributed by atoms with Gasteiger partial charge in [0.1, 0.15) is 5.75 Å². The molecule has 1 atom stereocenters. The maximum atomic E-state index is 10.8. The van der Waals surface area contributed by atoms with E-state index in [9.17, 15) is 18.5 Å². The first-order chi connectivity index (χ1) is 7.63. The van der Waals surface area contributed by atoms with E-state index in [4.69, 9.17) is 20.9 Å². The van der Waals surface area contributed by atoms with E-state index in [-0.39, 0.29) is 11.4 Å². The molecule has 0 aliphatic carbocycles. The first-order valence-corrected chi connectivity index (χ1v) is 6.53. The Morgan fingerprint density at radius 1 is 1.41 bits per heavy atom. The van der Waals surface area contributed by atoms with Gasteiger partial charge in [0.15, 0.2) is 0 Å². The Kier molecular flexibility index (Phi) is 3.97. The van der Waals surface area contributed by atoms with Gasteiger partial charge < -0.3 is 4.74 Å². The highest BCUT2D eigenvalue weighted by Gasteiger charge is 2.41. The Labute approximate surface area is 109 Å². The van der Waals surface area contributed by atoms with E-state index in [0.717, 1.165) is 24.3 Å². The summed E-state index contributed by atoms with van der Waals surface area (Å²) in [4.78, 5) is 9.72. The van der Waals surface area contributed by atoms with Gasteiger partial charge in [-0.3, -0.25) is 14.7 Å². The summed E-state index contributed by atoms with van der Waals surface area (Å²) < 4.78 is 32.5. The Balaban J connectivity index is 2.94. The van der Waals surface area contributed by atoms with E-state index in [2.05, 4.69) is 15.9 Å². The zero-order chi connectivity index (χ0) is 13.3. The van der Waals surface area contributed by atoms with Crippen LogP contribution in [0.2, 0.25) is 0 Å². The molecule has 94 valence electrons. The molecule has 0 bridgehead atoms. The fourth-order valence-electron chi connectivity index (χ4n) is 0.826. The summed E-state index contributed by atoms with van der Waals surface area (Å²) in [6.07, 6.45) is 0. The Morgan fingerprint density at radius 3 is 2.24 bits per heavy atom. The third kappa shape index (κ3) is 3.53. The number of alkyl halides is 2. The van der Waals surface area contributed by atoms with Gasteiger partial charge in [0.2, 0.25) is 0 Å². The maximum absolute atomic E-state index is 10.8. The van der Waals surface area contributed by atoms with Crippen molar-refractivity contribution in [2.75, 3.05) is 0 Å². The van der Waals surface area contributed by atoms with Crippen molar-refractivity contribution in [2.45, 2.75) is 3.30 Å². The number of non-ortho nitro benzene ring substituents is 1. The fourth-order valence-corrected chi connectivity index (χ4v) is 1.30. The lowest BCUT2D eigenvalue weighted by atomic mass is 10.3. The molecule has 0 saturated carbocycles. The van der Waals surface area contributed by atoms with Crippen LogP contribution in [0.3, 0.4) is 0 Å². The lowest BCUT2D eigenvalue weighted by Crippen LogP contribution is -2.31. The van der Waals surface area contributed by atoms with Crippen molar-refractivity contribution in [2.24, 2.45) is 0 Å². The van der Waals surface area contributed by atoms with Gasteiger partial charge in [-0.25, -0.2) is 0 Å². The smallest absolute Gasteiger partial charge is 0.365 e. The fraction of sp³-hybridized carbons (Fsp3) is 0.143. The molecule has 1 aromatic carbocycles. The summed E-state index contributed by atoms with van der Waals surface area (Å²) in [6, 6.07) is 4.47. The lowest BCUT2D eigenvalue weighted by molar-refractivity contribution is -0.384. The molecule has 17 heavy (non-hydrogen) atoms. The minimum atomic E-state index is -4.70. The minimum Gasteiger partial charge on any atom is -0.448 e. The molecule has 1 N–H and O–H groups in total. The largest absolute Gasteiger partial charge is 0.448 e. The van der Waals surface area contributed by atoms with Gasteiger partial charge in [0, 0.05) is 28.1 Å². The van der Waals surface area contributed by atoms with Gasteiger partial charge in [-0.15, -0.1) is 0 Å². The van der Waals surface area contributed by atoms with Crippen molar-refractivity contribution in [1.82, 2.24) is 0 Å². The Hall–Kier alpha value is -0.900. The van der Waals surface area contributed by atoms with Crippen LogP contribution in [0, 0.1) is 10.1 Å². The Morgan fingerprint density at radius 2 is 1.88 bits per heavy atom. The molecule has 0 heterocycles. The highest BCUT2D eigenvalue weighted by molar-refractivity contribution is 9.12. The molecule has 7 nitrogen and oxygen atoms in total. The van der Waals surface area contributed by atoms with Crippen molar-refractivity contribution in [1.29, 1.82) is 0 Å². The van der Waals surface area contributed by atoms with E-state index in [1.165, 1.54) is 0 Å². The molecular weight excluding hydrogens is 342 g/mol. The Bertz CT molecular complexity index is 528. The molecule has 1 aromatic rings. The number of rotatable bonds is 4. The van der Waals surface area contributed by atoms with Crippen molar-refractivity contribution in [3.05, 3.63) is 34.4 Å². The predicted molar refractivity (Wildman–Crippen MR) is 62.8 cm³/mol. The molecule has 1 rings (SSSR count). The second-order valence-electron chi connectivity index (χ2n) is 2.79. The second-order valence-corrected chi connectivity index (χ2v) is 7.17. The normalized spacial score (nSPS) is 15.0. The van der Waals surface area contributed by atoms with Gasteiger partial charge in [-0.2, -0.15) is 8.42 Å². The van der Waals surface area contributed by atoms with Crippen LogP contribution < -0.4 is 4.74 Å². The van der Waals surface area contributed by atoms with Crippen LogP contribution in [-0.4, -0.2) is 21.2 Å². The van der Waals surface area contributed by atoms with Crippen LogP contribution in [0.1, 0.15) is 0 Å². The van der Waals surface area contributed by atoms with Crippen molar-refractivity contribution in [3.8, 4) is 5.75 Å². The van der Waals surface area contributed by atoms with Gasteiger partial charge in [-0.1, -0.05) is 0 Å². The average Bonchev–Trinajstić information content (AvgIpc) is 2.16. The SMILES string of the molecule is O=[N+]([O-])c1ccc(OC(Cl)(Br)S(=O)(=O)O)cc1. The molecule has 0 fully saturated rings. The molecule has 0 radical (unpaired) electrons. The molecule has 0 spiro atoms. The van der Waals surface area contributed by atoms with Gasteiger partial charge in [0.25, 0.3) is 5.69 Å². The van der Waals surface area contributed by atoms with Crippen molar-refractivity contribution in [3.63, 3.8) is 0 Å². The van der Waals surface area contributed by atoms with Crippen molar-refractivity contribution < 1.29 is 22.6 Å². The number of halogens is 2. The molecule has 0 amide bonds. The highest BCUT2D eigenvalue weighted by Crippen LogP contribution is 2.33. The number of hydrogen-bond acceptors (Lipinski definition) is 5. The summed E-state index contributed by atoms with van der Waals surface area (Å²) >= 11 is 7.83. The summed E-state index contributed by atoms with van der Waals surface area (Å²) in [5.41, 5.74) is -0.195. The first-order valence-electron chi connectivity index (χ1n) is 3.92. The van der Waals surface area contributed by atoms with E-state index in [1.54, 1.807) is 0 Å². The van der Waals surface area contributed by atoms with Crippen LogP contribution in [-0.2, 0) is 10.1 Å². The quantitative estimate of drug-likeness (QED) is 0.387. The second kappa shape index (κ2) is 4.77. The number of nitro benzene ring substituents is 1. The maximum Gasteiger partial charge on any atom is 0.365 e. The number of nitrogens with zero attached hydrogens (tertiary/aromatic N) is 1. The lowest BCUT2D eigenvalue weighted by Gasteiger charge is -2.17. The number of hydrogen-bond donors (Lipinski definition) is 1. The average molecular weight is 347 g/mol. The van der Waals surface area contributed by atoms with E-state index in [0.29, 0.717) is 0 Å². The summed E-state index contributed by atoms with van der Waals surface area (Å²) in [5, 5.41) is 10.4. The monoisotopic (exact) mass is 345 g/mol. The number of ether oxygens (including phenoxy) is 1. The summed E-state index contributed by atoms with van der Waals surface area (Å²) in [5.74, 6) is -0.0694. The molecule has 0 aromatic heterocycles. The van der Waals surface area contributed by atoms with E-state index < -0.39 is 18.3 Å². The zero-order valence-corrected chi connectivity index (χ0v) is 11.1. The van der Waals surface area contributed by atoms with Gasteiger partial charge >= 0.3 is 13.4 Å². The molecule has 0 aliphatic heterocycles. The topological polar surface area (TPSA) is 107 Å². The molecule has 0 saturated heterocycles. The molecule has 10 heteroatoms. The van der Waals surface area contributed by atoms with E-state index >= 15 is 0 Å². The van der Waals surface area contributed by atoms with Gasteiger partial charge in [-0.05, 0) is 23.7 Å². The molecule has 1 unspecified atom stereocenters. The molecule has 0 aliphatic rings. The third-order valence-electron chi connectivity index (χ3n) is 1.58. The summed E-state index contributed by atoms with van der Waals surface area (Å²) in [6.45, 7) is 0. The van der Waals surface area contributed by atoms with E-state index in [1.807, 2.05) is 0 Å². The van der Waals surface area contributed by atoms with Crippen LogP contribution >= 0.6 is 27.5 Å².